The predicted octanol–water partition coefficient (Wildman–Crippen LogP) is 1.64. The van der Waals surface area contributed by atoms with E-state index in [1.54, 1.807) is 18.0 Å². The van der Waals surface area contributed by atoms with E-state index in [-0.39, 0.29) is 17.9 Å². The molecule has 2 unspecified atom stereocenters. The zero-order valence-corrected chi connectivity index (χ0v) is 14.8. The molecule has 0 spiro atoms. The average molecular weight is 343 g/mol. The fourth-order valence-corrected chi connectivity index (χ4v) is 4.25. The first-order chi connectivity index (χ1) is 12.1. The van der Waals surface area contributed by atoms with E-state index < -0.39 is 6.10 Å². The van der Waals surface area contributed by atoms with Crippen LogP contribution >= 0.6 is 0 Å². The second kappa shape index (κ2) is 6.33. The number of ether oxygens (including phenoxy) is 1. The molecule has 1 aromatic carbocycles. The van der Waals surface area contributed by atoms with Gasteiger partial charge in [-0.15, -0.1) is 0 Å². The van der Waals surface area contributed by atoms with Crippen molar-refractivity contribution in [3.8, 4) is 5.75 Å². The Hall–Kier alpha value is -2.08. The standard InChI is InChI=1S/C19H25N3O3/c1-3-16-19(24)21(2)15-6-4-5-13(17(15)25-16)18(23)20-14-11-22-9-7-12(14)8-10-22/h4-6,12,14,16H,3,7-11H2,1-2H3,(H,20,23). The van der Waals surface area contributed by atoms with Gasteiger partial charge >= 0.3 is 0 Å². The highest BCUT2D eigenvalue weighted by Crippen LogP contribution is 2.37. The molecule has 4 aliphatic heterocycles. The molecular formula is C19H25N3O3. The highest BCUT2D eigenvalue weighted by molar-refractivity contribution is 6.05. The third-order valence-corrected chi connectivity index (χ3v) is 5.81. The Kier molecular flexibility index (Phi) is 4.15. The van der Waals surface area contributed by atoms with Gasteiger partial charge in [-0.1, -0.05) is 13.0 Å². The van der Waals surface area contributed by atoms with Gasteiger partial charge in [0.15, 0.2) is 11.9 Å². The van der Waals surface area contributed by atoms with E-state index in [9.17, 15) is 9.59 Å². The first-order valence-electron chi connectivity index (χ1n) is 9.19. The van der Waals surface area contributed by atoms with Crippen molar-refractivity contribution in [1.29, 1.82) is 0 Å². The quantitative estimate of drug-likeness (QED) is 0.906. The van der Waals surface area contributed by atoms with Crippen molar-refractivity contribution >= 4 is 17.5 Å². The maximum absolute atomic E-state index is 12.9. The number of likely N-dealkylation sites (N-methyl/N-ethyl adjacent to an activating group) is 1. The number of para-hydroxylation sites is 1. The van der Waals surface area contributed by atoms with Crippen LogP contribution in [-0.2, 0) is 4.79 Å². The van der Waals surface area contributed by atoms with Crippen LogP contribution in [0.25, 0.3) is 0 Å². The molecule has 5 rings (SSSR count). The van der Waals surface area contributed by atoms with E-state index in [1.165, 1.54) is 0 Å². The summed E-state index contributed by atoms with van der Waals surface area (Å²) in [5.74, 6) is 0.926. The zero-order chi connectivity index (χ0) is 17.6. The molecule has 3 fully saturated rings. The van der Waals surface area contributed by atoms with E-state index in [0.29, 0.717) is 29.3 Å². The maximum Gasteiger partial charge on any atom is 0.267 e. The summed E-state index contributed by atoms with van der Waals surface area (Å²) in [4.78, 5) is 29.2. The van der Waals surface area contributed by atoms with Gasteiger partial charge in [0, 0.05) is 19.6 Å². The number of nitrogens with one attached hydrogen (secondary N) is 1. The number of amides is 2. The molecule has 2 atom stereocenters. The molecule has 2 amide bonds. The zero-order valence-electron chi connectivity index (χ0n) is 14.8. The van der Waals surface area contributed by atoms with Crippen molar-refractivity contribution in [3.05, 3.63) is 23.8 Å². The van der Waals surface area contributed by atoms with E-state index in [0.717, 1.165) is 32.5 Å². The average Bonchev–Trinajstić information content (AvgIpc) is 2.65. The third kappa shape index (κ3) is 2.78. The van der Waals surface area contributed by atoms with E-state index in [1.807, 2.05) is 19.1 Å². The number of carbonyl (C=O) groups is 2. The van der Waals surface area contributed by atoms with Crippen molar-refractivity contribution in [2.75, 3.05) is 31.6 Å². The number of nitrogens with zero attached hydrogens (tertiary/aromatic N) is 2. The lowest BCUT2D eigenvalue weighted by Crippen LogP contribution is -2.57. The first kappa shape index (κ1) is 16.4. The van der Waals surface area contributed by atoms with Crippen LogP contribution in [-0.4, -0.2) is 55.5 Å². The molecule has 1 aromatic rings. The van der Waals surface area contributed by atoms with Crippen LogP contribution in [0, 0.1) is 5.92 Å². The van der Waals surface area contributed by atoms with Crippen molar-refractivity contribution in [2.45, 2.75) is 38.3 Å². The van der Waals surface area contributed by atoms with Crippen molar-refractivity contribution in [2.24, 2.45) is 5.92 Å². The van der Waals surface area contributed by atoms with Crippen LogP contribution in [0.1, 0.15) is 36.5 Å². The number of hydrogen-bond acceptors (Lipinski definition) is 4. The van der Waals surface area contributed by atoms with Gasteiger partial charge < -0.3 is 19.9 Å². The topological polar surface area (TPSA) is 61.9 Å². The molecule has 6 nitrogen and oxygen atoms in total. The lowest BCUT2D eigenvalue weighted by Gasteiger charge is -2.45. The van der Waals surface area contributed by atoms with Crippen LogP contribution in [0.5, 0.6) is 5.75 Å². The van der Waals surface area contributed by atoms with E-state index in [2.05, 4.69) is 10.2 Å². The minimum absolute atomic E-state index is 0.0649. The van der Waals surface area contributed by atoms with Crippen LogP contribution in [0.15, 0.2) is 18.2 Å². The minimum atomic E-state index is -0.525. The minimum Gasteiger partial charge on any atom is -0.478 e. The van der Waals surface area contributed by atoms with Gasteiger partial charge in [0.05, 0.1) is 11.3 Å². The SMILES string of the molecule is CCC1Oc2c(C(=O)NC3CN4CCC3CC4)cccc2N(C)C1=O. The summed E-state index contributed by atoms with van der Waals surface area (Å²) in [5.41, 5.74) is 1.18. The van der Waals surface area contributed by atoms with E-state index in [4.69, 9.17) is 4.74 Å². The van der Waals surface area contributed by atoms with Gasteiger partial charge in [0.25, 0.3) is 11.8 Å². The molecule has 1 N–H and O–H groups in total. The van der Waals surface area contributed by atoms with Gasteiger partial charge in [-0.3, -0.25) is 9.59 Å². The lowest BCUT2D eigenvalue weighted by atomic mass is 9.84. The summed E-state index contributed by atoms with van der Waals surface area (Å²) in [7, 11) is 1.74. The number of piperidine rings is 3. The van der Waals surface area contributed by atoms with Crippen molar-refractivity contribution in [1.82, 2.24) is 10.2 Å². The molecule has 6 heteroatoms. The Balaban J connectivity index is 1.59. The Morgan fingerprint density at radius 3 is 2.72 bits per heavy atom. The molecule has 4 heterocycles. The predicted molar refractivity (Wildman–Crippen MR) is 95.0 cm³/mol. The van der Waals surface area contributed by atoms with Gasteiger partial charge in [0.2, 0.25) is 0 Å². The monoisotopic (exact) mass is 343 g/mol. The Bertz CT molecular complexity index is 697. The molecule has 25 heavy (non-hydrogen) atoms. The number of anilines is 1. The van der Waals surface area contributed by atoms with Crippen LogP contribution < -0.4 is 15.0 Å². The third-order valence-electron chi connectivity index (χ3n) is 5.81. The van der Waals surface area contributed by atoms with Gasteiger partial charge in [-0.2, -0.15) is 0 Å². The highest BCUT2D eigenvalue weighted by atomic mass is 16.5. The van der Waals surface area contributed by atoms with Gasteiger partial charge in [-0.25, -0.2) is 0 Å². The van der Waals surface area contributed by atoms with Crippen molar-refractivity contribution in [3.63, 3.8) is 0 Å². The molecule has 2 bridgehead atoms. The molecule has 134 valence electrons. The summed E-state index contributed by atoms with van der Waals surface area (Å²) >= 11 is 0. The lowest BCUT2D eigenvalue weighted by molar-refractivity contribution is -0.126. The number of hydrogen-bond donors (Lipinski definition) is 1. The highest BCUT2D eigenvalue weighted by Gasteiger charge is 2.37. The molecule has 0 saturated carbocycles. The molecule has 0 aromatic heterocycles. The van der Waals surface area contributed by atoms with Gasteiger partial charge in [-0.05, 0) is 50.4 Å². The van der Waals surface area contributed by atoms with Crippen LogP contribution in [0.4, 0.5) is 5.69 Å². The summed E-state index contributed by atoms with van der Waals surface area (Å²) in [6.07, 6.45) is 2.37. The maximum atomic E-state index is 12.9. The fraction of sp³-hybridized carbons (Fsp3) is 0.579. The Morgan fingerprint density at radius 2 is 2.08 bits per heavy atom. The summed E-state index contributed by atoms with van der Waals surface area (Å²) < 4.78 is 5.90. The summed E-state index contributed by atoms with van der Waals surface area (Å²) in [6.45, 7) is 5.14. The fourth-order valence-electron chi connectivity index (χ4n) is 4.25. The summed E-state index contributed by atoms with van der Waals surface area (Å²) in [6, 6.07) is 5.62. The molecule has 0 aliphatic carbocycles. The molecule has 4 aliphatic rings. The largest absolute Gasteiger partial charge is 0.478 e. The van der Waals surface area contributed by atoms with Gasteiger partial charge in [0.1, 0.15) is 0 Å². The van der Waals surface area contributed by atoms with Crippen molar-refractivity contribution < 1.29 is 14.3 Å². The smallest absolute Gasteiger partial charge is 0.267 e. The van der Waals surface area contributed by atoms with Crippen LogP contribution in [0.3, 0.4) is 0 Å². The Labute approximate surface area is 148 Å². The number of rotatable bonds is 3. The second-order valence-electron chi connectivity index (χ2n) is 7.28. The van der Waals surface area contributed by atoms with Crippen LogP contribution in [0.2, 0.25) is 0 Å². The first-order valence-corrected chi connectivity index (χ1v) is 9.19. The number of benzene rings is 1. The second-order valence-corrected chi connectivity index (χ2v) is 7.28. The molecule has 3 saturated heterocycles. The normalized spacial score (nSPS) is 30.6. The number of fused-ring (bicyclic) bond motifs is 4. The van der Waals surface area contributed by atoms with E-state index >= 15 is 0 Å². The summed E-state index contributed by atoms with van der Waals surface area (Å²) in [5, 5.41) is 3.21. The molecular weight excluding hydrogens is 318 g/mol. The number of carbonyl (C=O) groups excluding carboxylic acids is 2. The molecule has 0 radical (unpaired) electrons. The Morgan fingerprint density at radius 1 is 1.32 bits per heavy atom.